The molecule has 7 heteroatoms. The summed E-state index contributed by atoms with van der Waals surface area (Å²) in [4.78, 5) is 11.2. The summed E-state index contributed by atoms with van der Waals surface area (Å²) in [5, 5.41) is 10.3. The summed E-state index contributed by atoms with van der Waals surface area (Å²) in [6, 6.07) is 6.29. The minimum Gasteiger partial charge on any atom is -0.507 e. The molecule has 24 heavy (non-hydrogen) atoms. The highest BCUT2D eigenvalue weighted by atomic mass is 79.9. The summed E-state index contributed by atoms with van der Waals surface area (Å²) >= 11 is 15.5. The minimum atomic E-state index is -0.558. The molecule has 2 aromatic carbocycles. The zero-order valence-corrected chi connectivity index (χ0v) is 15.8. The number of ether oxygens (including phenoxy) is 1. The van der Waals surface area contributed by atoms with E-state index in [9.17, 15) is 14.3 Å². The van der Waals surface area contributed by atoms with Gasteiger partial charge in [0.05, 0.1) is 11.6 Å². The maximum atomic E-state index is 14.2. The number of esters is 1. The van der Waals surface area contributed by atoms with Gasteiger partial charge in [-0.3, -0.25) is 4.79 Å². The van der Waals surface area contributed by atoms with Crippen LogP contribution in [0.15, 0.2) is 28.7 Å². The van der Waals surface area contributed by atoms with Crippen molar-refractivity contribution in [2.45, 2.75) is 19.3 Å². The van der Waals surface area contributed by atoms with Gasteiger partial charge < -0.3 is 9.84 Å². The highest BCUT2D eigenvalue weighted by molar-refractivity contribution is 9.10. The lowest BCUT2D eigenvalue weighted by Gasteiger charge is -2.12. The quantitative estimate of drug-likeness (QED) is 0.648. The van der Waals surface area contributed by atoms with Crippen molar-refractivity contribution in [2.24, 2.45) is 0 Å². The Morgan fingerprint density at radius 2 is 1.92 bits per heavy atom. The predicted octanol–water partition coefficient (Wildman–Crippen LogP) is 5.30. The highest BCUT2D eigenvalue weighted by Gasteiger charge is 2.15. The standard InChI is InChI=1S/C17H14BrCl2FO3/c1-24-15(23)5-2-9-6-12(19)11(13(20)7-9)8-10-3-4-14(22)16(18)17(10)21/h3-4,6-7,22H,2,5,8H2,1H3. The van der Waals surface area contributed by atoms with Crippen molar-refractivity contribution in [1.82, 2.24) is 0 Å². The second kappa shape index (κ2) is 8.19. The number of methoxy groups -OCH3 is 1. The van der Waals surface area contributed by atoms with Crippen molar-refractivity contribution >= 4 is 45.1 Å². The Hall–Kier alpha value is -1.30. The van der Waals surface area contributed by atoms with Gasteiger partial charge in [-0.2, -0.15) is 0 Å². The van der Waals surface area contributed by atoms with E-state index in [1.54, 1.807) is 12.1 Å². The van der Waals surface area contributed by atoms with E-state index >= 15 is 0 Å². The zero-order valence-electron chi connectivity index (χ0n) is 12.7. The zero-order chi connectivity index (χ0) is 17.9. The number of phenols is 1. The smallest absolute Gasteiger partial charge is 0.305 e. The predicted molar refractivity (Wildman–Crippen MR) is 95.4 cm³/mol. The van der Waals surface area contributed by atoms with E-state index in [1.807, 2.05) is 0 Å². The summed E-state index contributed by atoms with van der Waals surface area (Å²) in [5.74, 6) is -1.05. The molecule has 0 fully saturated rings. The van der Waals surface area contributed by atoms with Gasteiger partial charge in [0.25, 0.3) is 0 Å². The molecule has 128 valence electrons. The maximum absolute atomic E-state index is 14.2. The number of rotatable bonds is 5. The molecule has 0 atom stereocenters. The average Bonchev–Trinajstić information content (AvgIpc) is 2.55. The molecule has 0 radical (unpaired) electrons. The second-order valence-electron chi connectivity index (χ2n) is 5.16. The molecule has 1 N–H and O–H groups in total. The number of carbonyl (C=O) groups excluding carboxylic acids is 1. The minimum absolute atomic E-state index is 0.00180. The van der Waals surface area contributed by atoms with Crippen molar-refractivity contribution in [3.8, 4) is 5.75 Å². The number of hydrogen-bond acceptors (Lipinski definition) is 3. The van der Waals surface area contributed by atoms with Crippen LogP contribution in [0.5, 0.6) is 5.75 Å². The van der Waals surface area contributed by atoms with Crippen molar-refractivity contribution < 1.29 is 19.0 Å². The molecule has 2 aromatic rings. The summed E-state index contributed by atoms with van der Waals surface area (Å²) in [5.41, 5.74) is 1.73. The molecule has 0 aliphatic rings. The van der Waals surface area contributed by atoms with Gasteiger partial charge in [-0.05, 0) is 57.2 Å². The first-order valence-corrected chi connectivity index (χ1v) is 8.57. The summed E-state index contributed by atoms with van der Waals surface area (Å²) in [6.45, 7) is 0. The van der Waals surface area contributed by atoms with Crippen LogP contribution < -0.4 is 0 Å². The fourth-order valence-electron chi connectivity index (χ4n) is 2.22. The number of hydrogen-bond donors (Lipinski definition) is 1. The van der Waals surface area contributed by atoms with E-state index in [1.165, 1.54) is 19.2 Å². The van der Waals surface area contributed by atoms with Gasteiger partial charge >= 0.3 is 5.97 Å². The Kier molecular flexibility index (Phi) is 6.49. The van der Waals surface area contributed by atoms with E-state index in [2.05, 4.69) is 20.7 Å². The van der Waals surface area contributed by atoms with Crippen LogP contribution in [0.3, 0.4) is 0 Å². The van der Waals surface area contributed by atoms with E-state index in [4.69, 9.17) is 23.2 Å². The molecule has 0 aliphatic heterocycles. The third-order valence-corrected chi connectivity index (χ3v) is 4.98. The third kappa shape index (κ3) is 4.41. The van der Waals surface area contributed by atoms with E-state index in [0.29, 0.717) is 27.6 Å². The lowest BCUT2D eigenvalue weighted by molar-refractivity contribution is -0.140. The van der Waals surface area contributed by atoms with Crippen LogP contribution in [0.2, 0.25) is 10.0 Å². The average molecular weight is 436 g/mol. The molecule has 0 aromatic heterocycles. The van der Waals surface area contributed by atoms with Gasteiger partial charge in [0.15, 0.2) is 0 Å². The van der Waals surface area contributed by atoms with Gasteiger partial charge in [-0.1, -0.05) is 29.3 Å². The fraction of sp³-hybridized carbons (Fsp3) is 0.235. The SMILES string of the molecule is COC(=O)CCc1cc(Cl)c(Cc2ccc(O)c(Br)c2F)c(Cl)c1. The molecule has 2 rings (SSSR count). The summed E-state index contributed by atoms with van der Waals surface area (Å²) in [6.07, 6.45) is 0.854. The number of aromatic hydroxyl groups is 1. The maximum Gasteiger partial charge on any atom is 0.305 e. The first-order valence-electron chi connectivity index (χ1n) is 7.03. The first kappa shape index (κ1) is 19.0. The summed E-state index contributed by atoms with van der Waals surface area (Å²) in [7, 11) is 1.33. The van der Waals surface area contributed by atoms with Gasteiger partial charge in [0, 0.05) is 22.9 Å². The Balaban J connectivity index is 2.26. The molecule has 0 saturated carbocycles. The van der Waals surface area contributed by atoms with Crippen LogP contribution in [0.25, 0.3) is 0 Å². The lowest BCUT2D eigenvalue weighted by atomic mass is 10.0. The van der Waals surface area contributed by atoms with Crippen LogP contribution in [-0.2, 0) is 22.4 Å². The van der Waals surface area contributed by atoms with Gasteiger partial charge in [-0.25, -0.2) is 4.39 Å². The number of carbonyl (C=O) groups is 1. The van der Waals surface area contributed by atoms with Crippen LogP contribution in [0, 0.1) is 5.82 Å². The molecule has 3 nitrogen and oxygen atoms in total. The highest BCUT2D eigenvalue weighted by Crippen LogP contribution is 2.33. The number of benzene rings is 2. The molecule has 0 heterocycles. The van der Waals surface area contributed by atoms with Crippen LogP contribution >= 0.6 is 39.1 Å². The Bertz CT molecular complexity index is 758. The molecule has 0 bridgehead atoms. The van der Waals surface area contributed by atoms with E-state index < -0.39 is 5.82 Å². The lowest BCUT2D eigenvalue weighted by Crippen LogP contribution is -2.02. The Morgan fingerprint density at radius 1 is 1.29 bits per heavy atom. The van der Waals surface area contributed by atoms with Crippen molar-refractivity contribution in [2.75, 3.05) is 7.11 Å². The van der Waals surface area contributed by atoms with Crippen molar-refractivity contribution in [3.05, 3.63) is 61.3 Å². The van der Waals surface area contributed by atoms with E-state index in [-0.39, 0.29) is 29.0 Å². The van der Waals surface area contributed by atoms with Crippen LogP contribution in [0.4, 0.5) is 4.39 Å². The number of phenolic OH excluding ortho intramolecular Hbond substituents is 1. The third-order valence-electron chi connectivity index (χ3n) is 3.56. The largest absolute Gasteiger partial charge is 0.507 e. The number of aryl methyl sites for hydroxylation is 1. The molecular formula is C17H14BrCl2FO3. The van der Waals surface area contributed by atoms with Gasteiger partial charge in [-0.15, -0.1) is 0 Å². The summed E-state index contributed by atoms with van der Waals surface area (Å²) < 4.78 is 18.8. The Morgan fingerprint density at radius 3 is 2.50 bits per heavy atom. The normalized spacial score (nSPS) is 10.7. The van der Waals surface area contributed by atoms with Crippen molar-refractivity contribution in [1.29, 1.82) is 0 Å². The molecule has 0 unspecified atom stereocenters. The Labute approximate surface area is 157 Å². The first-order chi connectivity index (χ1) is 11.3. The van der Waals surface area contributed by atoms with E-state index in [0.717, 1.165) is 5.56 Å². The van der Waals surface area contributed by atoms with Crippen LogP contribution in [-0.4, -0.2) is 18.2 Å². The molecular weight excluding hydrogens is 422 g/mol. The number of halogens is 4. The monoisotopic (exact) mass is 434 g/mol. The van der Waals surface area contributed by atoms with Gasteiger partial charge in [0.2, 0.25) is 0 Å². The van der Waals surface area contributed by atoms with Crippen LogP contribution in [0.1, 0.15) is 23.1 Å². The van der Waals surface area contributed by atoms with Gasteiger partial charge in [0.1, 0.15) is 11.6 Å². The topological polar surface area (TPSA) is 46.5 Å². The molecule has 0 saturated heterocycles. The fourth-order valence-corrected chi connectivity index (χ4v) is 3.28. The molecule has 0 spiro atoms. The molecule has 0 aliphatic carbocycles. The molecule has 0 amide bonds. The van der Waals surface area contributed by atoms with Crippen molar-refractivity contribution in [3.63, 3.8) is 0 Å². The second-order valence-corrected chi connectivity index (χ2v) is 6.77.